The number of hydrogen-bond acceptors (Lipinski definition) is 4. The summed E-state index contributed by atoms with van der Waals surface area (Å²) in [4.78, 5) is 26.3. The number of rotatable bonds is 2. The second-order valence-electron chi connectivity index (χ2n) is 7.17. The molecule has 0 radical (unpaired) electrons. The number of nitrogens with two attached hydrogens (primary N) is 2. The van der Waals surface area contributed by atoms with Gasteiger partial charge in [0, 0.05) is 22.5 Å². The van der Waals surface area contributed by atoms with E-state index in [0.29, 0.717) is 11.1 Å². The van der Waals surface area contributed by atoms with Crippen molar-refractivity contribution in [2.75, 3.05) is 0 Å². The average Bonchev–Trinajstić information content (AvgIpc) is 2.67. The molecule has 0 unspecified atom stereocenters. The molecule has 0 aromatic heterocycles. The Hall–Kier alpha value is -3.66. The maximum Gasteiger partial charge on any atom is 0.196 e. The van der Waals surface area contributed by atoms with Crippen molar-refractivity contribution in [3.8, 4) is 0 Å². The first-order chi connectivity index (χ1) is 13.4. The lowest BCUT2D eigenvalue weighted by molar-refractivity contribution is -0.113. The SMILES string of the molecule is Cc1ccc(C2=CC(N)=C3C(=O)C(c4ccc(C)cc4)=CC(N)=C3C2=O)cc1. The van der Waals surface area contributed by atoms with Crippen LogP contribution in [0.4, 0.5) is 0 Å². The number of ketones is 2. The normalized spacial score (nSPS) is 16.8. The van der Waals surface area contributed by atoms with E-state index >= 15 is 0 Å². The Labute approximate surface area is 163 Å². The Morgan fingerprint density at radius 2 is 0.893 bits per heavy atom. The van der Waals surface area contributed by atoms with Crippen molar-refractivity contribution in [1.82, 2.24) is 0 Å². The van der Waals surface area contributed by atoms with Gasteiger partial charge in [0.05, 0.1) is 11.1 Å². The Kier molecular flexibility index (Phi) is 4.12. The minimum atomic E-state index is -0.280. The minimum absolute atomic E-state index is 0.191. The third-order valence-electron chi connectivity index (χ3n) is 5.10. The smallest absolute Gasteiger partial charge is 0.196 e. The Balaban J connectivity index is 1.85. The first kappa shape index (κ1) is 17.7. The Bertz CT molecular complexity index is 1050. The maximum atomic E-state index is 13.2. The summed E-state index contributed by atoms with van der Waals surface area (Å²) in [6.07, 6.45) is 3.16. The number of Topliss-reactive ketones (excluding diaryl/α,β-unsaturated/α-hetero) is 2. The molecule has 0 saturated heterocycles. The van der Waals surface area contributed by atoms with E-state index in [2.05, 4.69) is 0 Å². The van der Waals surface area contributed by atoms with Gasteiger partial charge >= 0.3 is 0 Å². The lowest BCUT2D eigenvalue weighted by atomic mass is 9.78. The Morgan fingerprint density at radius 3 is 1.21 bits per heavy atom. The van der Waals surface area contributed by atoms with Gasteiger partial charge < -0.3 is 11.5 Å². The zero-order valence-electron chi connectivity index (χ0n) is 15.7. The molecule has 4 rings (SSSR count). The van der Waals surface area contributed by atoms with Gasteiger partial charge in [-0.15, -0.1) is 0 Å². The molecule has 2 aromatic rings. The fourth-order valence-corrected chi connectivity index (χ4v) is 3.53. The van der Waals surface area contributed by atoms with Crippen LogP contribution < -0.4 is 11.5 Å². The summed E-state index contributed by atoms with van der Waals surface area (Å²) in [6.45, 7) is 3.95. The van der Waals surface area contributed by atoms with E-state index in [1.54, 1.807) is 12.2 Å². The van der Waals surface area contributed by atoms with Gasteiger partial charge in [-0.05, 0) is 37.1 Å². The molecule has 0 aliphatic heterocycles. The van der Waals surface area contributed by atoms with Crippen molar-refractivity contribution in [2.24, 2.45) is 11.5 Å². The average molecular weight is 368 g/mol. The Morgan fingerprint density at radius 1 is 0.571 bits per heavy atom. The van der Waals surface area contributed by atoms with Crippen molar-refractivity contribution < 1.29 is 9.59 Å². The van der Waals surface area contributed by atoms with Crippen molar-refractivity contribution in [1.29, 1.82) is 0 Å². The highest BCUT2D eigenvalue weighted by Crippen LogP contribution is 2.38. The molecule has 0 amide bonds. The topological polar surface area (TPSA) is 86.2 Å². The number of benzene rings is 2. The lowest BCUT2D eigenvalue weighted by Crippen LogP contribution is -2.28. The van der Waals surface area contributed by atoms with Crippen LogP contribution in [0.25, 0.3) is 11.1 Å². The molecule has 0 fully saturated rings. The fraction of sp³-hybridized carbons (Fsp3) is 0.0833. The molecular weight excluding hydrogens is 348 g/mol. The van der Waals surface area contributed by atoms with Crippen LogP contribution in [-0.4, -0.2) is 11.6 Å². The third-order valence-corrected chi connectivity index (χ3v) is 5.10. The van der Waals surface area contributed by atoms with E-state index in [1.807, 2.05) is 62.4 Å². The van der Waals surface area contributed by atoms with Crippen LogP contribution in [0.1, 0.15) is 22.3 Å². The van der Waals surface area contributed by atoms with Crippen LogP contribution in [0, 0.1) is 13.8 Å². The van der Waals surface area contributed by atoms with Gasteiger partial charge in [-0.25, -0.2) is 0 Å². The molecule has 0 bridgehead atoms. The molecule has 2 aromatic carbocycles. The quantitative estimate of drug-likeness (QED) is 0.851. The molecule has 28 heavy (non-hydrogen) atoms. The molecule has 2 aliphatic carbocycles. The van der Waals surface area contributed by atoms with Crippen LogP contribution in [-0.2, 0) is 9.59 Å². The molecule has 0 saturated carbocycles. The zero-order chi connectivity index (χ0) is 20.0. The number of allylic oxidation sites excluding steroid dienone is 6. The lowest BCUT2D eigenvalue weighted by Gasteiger charge is -2.25. The minimum Gasteiger partial charge on any atom is -0.398 e. The number of fused-ring (bicyclic) bond motifs is 1. The summed E-state index contributed by atoms with van der Waals surface area (Å²) in [6, 6.07) is 15.2. The van der Waals surface area contributed by atoms with Crippen LogP contribution in [0.15, 0.2) is 83.2 Å². The van der Waals surface area contributed by atoms with Crippen molar-refractivity contribution in [2.45, 2.75) is 13.8 Å². The molecule has 2 aliphatic rings. The first-order valence-corrected chi connectivity index (χ1v) is 9.03. The summed E-state index contributed by atoms with van der Waals surface area (Å²) >= 11 is 0. The van der Waals surface area contributed by atoms with Crippen molar-refractivity contribution in [3.05, 3.63) is 105 Å². The van der Waals surface area contributed by atoms with E-state index < -0.39 is 0 Å². The van der Waals surface area contributed by atoms with Crippen LogP contribution in [0.2, 0.25) is 0 Å². The van der Waals surface area contributed by atoms with E-state index in [1.165, 1.54) is 0 Å². The summed E-state index contributed by atoms with van der Waals surface area (Å²) in [5.74, 6) is -0.559. The fourth-order valence-electron chi connectivity index (χ4n) is 3.53. The van der Waals surface area contributed by atoms with Gasteiger partial charge in [0.1, 0.15) is 0 Å². The maximum absolute atomic E-state index is 13.2. The van der Waals surface area contributed by atoms with Crippen LogP contribution >= 0.6 is 0 Å². The van der Waals surface area contributed by atoms with E-state index in [9.17, 15) is 9.59 Å². The van der Waals surface area contributed by atoms with Crippen molar-refractivity contribution >= 4 is 22.7 Å². The molecule has 0 heterocycles. The van der Waals surface area contributed by atoms with E-state index in [0.717, 1.165) is 22.3 Å². The second kappa shape index (κ2) is 6.50. The molecule has 0 atom stereocenters. The van der Waals surface area contributed by atoms with E-state index in [-0.39, 0.29) is 34.1 Å². The van der Waals surface area contributed by atoms with Gasteiger partial charge in [0.2, 0.25) is 0 Å². The van der Waals surface area contributed by atoms with Gasteiger partial charge in [-0.3, -0.25) is 9.59 Å². The standard InChI is InChI=1S/C24H20N2O2/c1-13-3-7-15(8-4-13)17-11-19(25)22-21(23(17)27)20(26)12-18(24(22)28)16-9-5-14(2)6-10-16/h3-12H,25-26H2,1-2H3. The largest absolute Gasteiger partial charge is 0.398 e. The number of carbonyl (C=O) groups is 2. The third kappa shape index (κ3) is 2.79. The highest BCUT2D eigenvalue weighted by molar-refractivity contribution is 6.42. The second-order valence-corrected chi connectivity index (χ2v) is 7.17. The van der Waals surface area contributed by atoms with Crippen molar-refractivity contribution in [3.63, 3.8) is 0 Å². The highest BCUT2D eigenvalue weighted by Gasteiger charge is 2.36. The number of aryl methyl sites for hydroxylation is 2. The van der Waals surface area contributed by atoms with Gasteiger partial charge in [-0.1, -0.05) is 59.7 Å². The van der Waals surface area contributed by atoms with Crippen LogP contribution in [0.5, 0.6) is 0 Å². The predicted octanol–water partition coefficient (Wildman–Crippen LogP) is 3.36. The van der Waals surface area contributed by atoms with Gasteiger partial charge in [0.15, 0.2) is 11.6 Å². The summed E-state index contributed by atoms with van der Waals surface area (Å²) in [7, 11) is 0. The molecule has 4 nitrogen and oxygen atoms in total. The van der Waals surface area contributed by atoms with Gasteiger partial charge in [0.25, 0.3) is 0 Å². The molecule has 138 valence electrons. The first-order valence-electron chi connectivity index (χ1n) is 9.03. The predicted molar refractivity (Wildman–Crippen MR) is 111 cm³/mol. The summed E-state index contributed by atoms with van der Waals surface area (Å²) < 4.78 is 0. The molecule has 0 spiro atoms. The highest BCUT2D eigenvalue weighted by atomic mass is 16.1. The number of carbonyl (C=O) groups excluding carboxylic acids is 2. The van der Waals surface area contributed by atoms with Crippen LogP contribution in [0.3, 0.4) is 0 Å². The van der Waals surface area contributed by atoms with Gasteiger partial charge in [-0.2, -0.15) is 0 Å². The summed E-state index contributed by atoms with van der Waals surface area (Å²) in [5.41, 5.74) is 17.9. The van der Waals surface area contributed by atoms with E-state index in [4.69, 9.17) is 11.5 Å². The molecular formula is C24H20N2O2. The molecule has 4 heteroatoms. The molecule has 4 N–H and O–H groups in total. The monoisotopic (exact) mass is 368 g/mol. The summed E-state index contributed by atoms with van der Waals surface area (Å²) in [5, 5.41) is 0. The zero-order valence-corrected chi connectivity index (χ0v) is 15.7. The number of hydrogen-bond donors (Lipinski definition) is 2.